The van der Waals surface area contributed by atoms with E-state index in [0.29, 0.717) is 16.7 Å². The van der Waals surface area contributed by atoms with Crippen molar-refractivity contribution in [1.29, 1.82) is 0 Å². The Kier molecular flexibility index (Phi) is 6.33. The molecule has 6 nitrogen and oxygen atoms in total. The molecular weight excluding hydrogens is 276 g/mol. The topological polar surface area (TPSA) is 93.1 Å². The highest BCUT2D eigenvalue weighted by Gasteiger charge is 2.24. The molecule has 0 aliphatic carbocycles. The summed E-state index contributed by atoms with van der Waals surface area (Å²) in [6.45, 7) is 3.58. The van der Waals surface area contributed by atoms with Crippen molar-refractivity contribution in [2.75, 3.05) is 13.7 Å². The molecule has 0 saturated carbocycles. The number of rotatable bonds is 6. The van der Waals surface area contributed by atoms with Crippen LogP contribution in [0.4, 0.5) is 0 Å². The maximum absolute atomic E-state index is 11.4. The zero-order valence-electron chi connectivity index (χ0n) is 12.3. The van der Waals surface area contributed by atoms with Crippen LogP contribution in [0.25, 0.3) is 0 Å². The van der Waals surface area contributed by atoms with Crippen LogP contribution in [0.1, 0.15) is 40.9 Å². The maximum Gasteiger partial charge on any atom is 0.337 e. The van der Waals surface area contributed by atoms with Gasteiger partial charge in [-0.25, -0.2) is 4.79 Å². The number of aryl methyl sites for hydroxylation is 1. The van der Waals surface area contributed by atoms with Crippen molar-refractivity contribution < 1.29 is 29.3 Å². The first-order valence-electron chi connectivity index (χ1n) is 6.61. The Balaban J connectivity index is 2.84. The molecule has 21 heavy (non-hydrogen) atoms. The highest BCUT2D eigenvalue weighted by Crippen LogP contribution is 2.24. The lowest BCUT2D eigenvalue weighted by atomic mass is 9.96. The van der Waals surface area contributed by atoms with E-state index in [4.69, 9.17) is 4.74 Å². The SMILES string of the molecule is CCOC(=O)CC(O)C(O)c1ccc(C(=O)OC)cc1C. The standard InChI is InChI=1S/C15H20O6/c1-4-21-13(17)8-12(16)14(18)11-6-5-10(7-9(11)2)15(19)20-3/h5-7,12,14,16,18H,4,8H2,1-3H3. The molecule has 0 aliphatic heterocycles. The van der Waals surface area contributed by atoms with Crippen molar-refractivity contribution in [3.63, 3.8) is 0 Å². The van der Waals surface area contributed by atoms with Crippen LogP contribution in [-0.2, 0) is 14.3 Å². The zero-order chi connectivity index (χ0) is 16.0. The van der Waals surface area contributed by atoms with Gasteiger partial charge in [-0.15, -0.1) is 0 Å². The molecule has 0 heterocycles. The second-order valence-corrected chi connectivity index (χ2v) is 4.58. The van der Waals surface area contributed by atoms with Crippen LogP contribution in [-0.4, -0.2) is 42.0 Å². The number of methoxy groups -OCH3 is 1. The number of hydrogen-bond donors (Lipinski definition) is 2. The quantitative estimate of drug-likeness (QED) is 0.764. The predicted molar refractivity (Wildman–Crippen MR) is 74.7 cm³/mol. The average Bonchev–Trinajstić information content (AvgIpc) is 2.45. The average molecular weight is 296 g/mol. The number of esters is 2. The number of hydrogen-bond acceptors (Lipinski definition) is 6. The number of aliphatic hydroxyl groups excluding tert-OH is 2. The summed E-state index contributed by atoms with van der Waals surface area (Å²) < 4.78 is 9.33. The van der Waals surface area contributed by atoms with Crippen LogP contribution in [0, 0.1) is 6.92 Å². The highest BCUT2D eigenvalue weighted by atomic mass is 16.5. The summed E-state index contributed by atoms with van der Waals surface area (Å²) in [5.74, 6) is -1.06. The Morgan fingerprint density at radius 2 is 1.95 bits per heavy atom. The molecule has 0 bridgehead atoms. The fourth-order valence-corrected chi connectivity index (χ4v) is 1.96. The summed E-state index contributed by atoms with van der Waals surface area (Å²) in [5, 5.41) is 20.0. The number of carbonyl (C=O) groups is 2. The van der Waals surface area contributed by atoms with Crippen molar-refractivity contribution in [2.24, 2.45) is 0 Å². The number of aliphatic hydroxyl groups is 2. The third-order valence-corrected chi connectivity index (χ3v) is 3.06. The number of carbonyl (C=O) groups excluding carboxylic acids is 2. The fourth-order valence-electron chi connectivity index (χ4n) is 1.96. The molecule has 0 amide bonds. The minimum atomic E-state index is -1.27. The van der Waals surface area contributed by atoms with Gasteiger partial charge in [-0.05, 0) is 37.1 Å². The Morgan fingerprint density at radius 1 is 1.29 bits per heavy atom. The number of benzene rings is 1. The lowest BCUT2D eigenvalue weighted by Crippen LogP contribution is -2.23. The summed E-state index contributed by atoms with van der Waals surface area (Å²) in [4.78, 5) is 22.7. The van der Waals surface area contributed by atoms with Gasteiger partial charge in [-0.2, -0.15) is 0 Å². The van der Waals surface area contributed by atoms with Crippen LogP contribution in [0.3, 0.4) is 0 Å². The van der Waals surface area contributed by atoms with Gasteiger partial charge in [-0.3, -0.25) is 4.79 Å². The van der Waals surface area contributed by atoms with Gasteiger partial charge in [0.1, 0.15) is 6.10 Å². The van der Waals surface area contributed by atoms with E-state index in [0.717, 1.165) is 0 Å². The van der Waals surface area contributed by atoms with E-state index in [1.807, 2.05) is 0 Å². The molecule has 1 rings (SSSR count). The third-order valence-electron chi connectivity index (χ3n) is 3.06. The summed E-state index contributed by atoms with van der Waals surface area (Å²) in [6.07, 6.45) is -2.81. The van der Waals surface area contributed by atoms with Crippen molar-refractivity contribution in [1.82, 2.24) is 0 Å². The molecule has 0 aromatic heterocycles. The van der Waals surface area contributed by atoms with Gasteiger partial charge in [0.2, 0.25) is 0 Å². The highest BCUT2D eigenvalue weighted by molar-refractivity contribution is 5.89. The molecule has 0 fully saturated rings. The van der Waals surface area contributed by atoms with E-state index in [1.54, 1.807) is 19.9 Å². The van der Waals surface area contributed by atoms with E-state index < -0.39 is 24.1 Å². The van der Waals surface area contributed by atoms with E-state index in [2.05, 4.69) is 4.74 Å². The first-order valence-corrected chi connectivity index (χ1v) is 6.61. The summed E-state index contributed by atoms with van der Waals surface area (Å²) >= 11 is 0. The van der Waals surface area contributed by atoms with Crippen molar-refractivity contribution in [3.8, 4) is 0 Å². The Hall–Kier alpha value is -1.92. The van der Waals surface area contributed by atoms with Crippen molar-refractivity contribution in [2.45, 2.75) is 32.5 Å². The minimum Gasteiger partial charge on any atom is -0.466 e. The lowest BCUT2D eigenvalue weighted by molar-refractivity contribution is -0.147. The molecule has 1 aromatic rings. The van der Waals surface area contributed by atoms with Crippen LogP contribution in [0.2, 0.25) is 0 Å². The predicted octanol–water partition coefficient (Wildman–Crippen LogP) is 1.13. The van der Waals surface area contributed by atoms with E-state index in [9.17, 15) is 19.8 Å². The van der Waals surface area contributed by atoms with Crippen LogP contribution >= 0.6 is 0 Å². The maximum atomic E-state index is 11.4. The molecule has 2 unspecified atom stereocenters. The summed E-state index contributed by atoms with van der Waals surface area (Å²) in [7, 11) is 1.28. The van der Waals surface area contributed by atoms with Crippen LogP contribution < -0.4 is 0 Å². The van der Waals surface area contributed by atoms with Gasteiger partial charge < -0.3 is 19.7 Å². The van der Waals surface area contributed by atoms with E-state index in [-0.39, 0.29) is 13.0 Å². The normalized spacial score (nSPS) is 13.4. The molecule has 0 radical (unpaired) electrons. The van der Waals surface area contributed by atoms with Gasteiger partial charge >= 0.3 is 11.9 Å². The largest absolute Gasteiger partial charge is 0.466 e. The second kappa shape index (κ2) is 7.75. The Bertz CT molecular complexity index is 511. The molecule has 0 saturated heterocycles. The first-order chi connectivity index (χ1) is 9.90. The third kappa shape index (κ3) is 4.54. The minimum absolute atomic E-state index is 0.217. The molecule has 0 spiro atoms. The molecule has 6 heteroatoms. The molecular formula is C15H20O6. The van der Waals surface area contributed by atoms with Crippen LogP contribution in [0.5, 0.6) is 0 Å². The molecule has 1 aromatic carbocycles. The molecule has 0 aliphatic rings. The van der Waals surface area contributed by atoms with E-state index >= 15 is 0 Å². The lowest BCUT2D eigenvalue weighted by Gasteiger charge is -2.19. The monoisotopic (exact) mass is 296 g/mol. The zero-order valence-corrected chi connectivity index (χ0v) is 12.3. The molecule has 2 N–H and O–H groups in total. The summed E-state index contributed by atoms with van der Waals surface area (Å²) in [5.41, 5.74) is 1.42. The van der Waals surface area contributed by atoms with Gasteiger partial charge in [0.25, 0.3) is 0 Å². The van der Waals surface area contributed by atoms with Gasteiger partial charge in [0, 0.05) is 0 Å². The molecule has 116 valence electrons. The van der Waals surface area contributed by atoms with Crippen molar-refractivity contribution >= 4 is 11.9 Å². The second-order valence-electron chi connectivity index (χ2n) is 4.58. The van der Waals surface area contributed by atoms with E-state index in [1.165, 1.54) is 19.2 Å². The Labute approximate surface area is 123 Å². The fraction of sp³-hybridized carbons (Fsp3) is 0.467. The first kappa shape index (κ1) is 17.1. The Morgan fingerprint density at radius 3 is 2.48 bits per heavy atom. The number of ether oxygens (including phenoxy) is 2. The van der Waals surface area contributed by atoms with Gasteiger partial charge in [0.05, 0.1) is 31.8 Å². The van der Waals surface area contributed by atoms with Crippen LogP contribution in [0.15, 0.2) is 18.2 Å². The van der Waals surface area contributed by atoms with Crippen molar-refractivity contribution in [3.05, 3.63) is 34.9 Å². The van der Waals surface area contributed by atoms with Gasteiger partial charge in [0.15, 0.2) is 0 Å². The molecule has 2 atom stereocenters. The summed E-state index contributed by atoms with van der Waals surface area (Å²) in [6, 6.07) is 4.58. The van der Waals surface area contributed by atoms with Gasteiger partial charge in [-0.1, -0.05) is 6.07 Å². The smallest absolute Gasteiger partial charge is 0.337 e.